The lowest BCUT2D eigenvalue weighted by atomic mass is 10.1. The van der Waals surface area contributed by atoms with E-state index in [4.69, 9.17) is 10.5 Å². The average molecular weight is 279 g/mol. The highest BCUT2D eigenvalue weighted by Gasteiger charge is 2.26. The van der Waals surface area contributed by atoms with E-state index < -0.39 is 10.8 Å². The van der Waals surface area contributed by atoms with Crippen molar-refractivity contribution in [2.24, 2.45) is 5.73 Å². The Bertz CT molecular complexity index is 536. The van der Waals surface area contributed by atoms with Crippen LogP contribution in [0.5, 0.6) is 0 Å². The first-order valence-electron chi connectivity index (χ1n) is 6.37. The molecule has 0 spiro atoms. The second-order valence-electron chi connectivity index (χ2n) is 4.99. The minimum Gasteiger partial charge on any atom is -0.372 e. The number of nitrogens with two attached hydrogens (primary N) is 1. The van der Waals surface area contributed by atoms with Crippen LogP contribution in [0.3, 0.4) is 0 Å². The molecule has 1 aliphatic heterocycles. The van der Waals surface area contributed by atoms with Crippen molar-refractivity contribution in [3.05, 3.63) is 33.9 Å². The third-order valence-corrected chi connectivity index (χ3v) is 3.22. The Balaban J connectivity index is 2.40. The van der Waals surface area contributed by atoms with Gasteiger partial charge in [0.05, 0.1) is 28.4 Å². The van der Waals surface area contributed by atoms with Gasteiger partial charge >= 0.3 is 0 Å². The third kappa shape index (κ3) is 2.88. The second kappa shape index (κ2) is 5.46. The van der Waals surface area contributed by atoms with Crippen LogP contribution < -0.4 is 10.6 Å². The van der Waals surface area contributed by atoms with Crippen molar-refractivity contribution >= 4 is 17.3 Å². The summed E-state index contributed by atoms with van der Waals surface area (Å²) in [6.45, 7) is 5.11. The molecule has 1 aromatic rings. The van der Waals surface area contributed by atoms with Crippen LogP contribution in [0.1, 0.15) is 24.2 Å². The maximum atomic E-state index is 11.5. The van der Waals surface area contributed by atoms with Crippen LogP contribution in [0.15, 0.2) is 18.2 Å². The fraction of sp³-hybridized carbons (Fsp3) is 0.462. The number of hydrogen-bond acceptors (Lipinski definition) is 5. The van der Waals surface area contributed by atoms with Gasteiger partial charge in [-0.15, -0.1) is 0 Å². The van der Waals surface area contributed by atoms with Crippen molar-refractivity contribution in [1.29, 1.82) is 0 Å². The summed E-state index contributed by atoms with van der Waals surface area (Å²) in [4.78, 5) is 23.8. The highest BCUT2D eigenvalue weighted by Crippen LogP contribution is 2.27. The van der Waals surface area contributed by atoms with E-state index in [1.165, 1.54) is 12.1 Å². The quantitative estimate of drug-likeness (QED) is 0.664. The third-order valence-electron chi connectivity index (χ3n) is 3.22. The molecule has 1 saturated heterocycles. The van der Waals surface area contributed by atoms with Crippen molar-refractivity contribution in [3.8, 4) is 0 Å². The summed E-state index contributed by atoms with van der Waals surface area (Å²) in [5.41, 5.74) is 5.98. The number of morpholine rings is 1. The molecule has 108 valence electrons. The van der Waals surface area contributed by atoms with Gasteiger partial charge in [0.1, 0.15) is 0 Å². The number of hydrogen-bond donors (Lipinski definition) is 1. The molecule has 0 aromatic heterocycles. The van der Waals surface area contributed by atoms with Crippen LogP contribution in [0.2, 0.25) is 0 Å². The molecule has 1 amide bonds. The number of nitro benzene ring substituents is 1. The number of carbonyl (C=O) groups is 1. The molecule has 1 aromatic carbocycles. The average Bonchev–Trinajstić information content (AvgIpc) is 2.36. The molecule has 0 saturated carbocycles. The Kier molecular flexibility index (Phi) is 3.89. The van der Waals surface area contributed by atoms with Gasteiger partial charge in [0.25, 0.3) is 11.6 Å². The summed E-state index contributed by atoms with van der Waals surface area (Å²) in [5.74, 6) is -0.671. The number of carbonyl (C=O) groups excluding carboxylic acids is 1. The normalized spacial score (nSPS) is 22.6. The van der Waals surface area contributed by atoms with E-state index in [9.17, 15) is 14.9 Å². The number of benzene rings is 1. The van der Waals surface area contributed by atoms with Gasteiger partial charge in [-0.3, -0.25) is 14.9 Å². The van der Waals surface area contributed by atoms with Crippen molar-refractivity contribution < 1.29 is 14.5 Å². The minimum absolute atomic E-state index is 0.0228. The highest BCUT2D eigenvalue weighted by atomic mass is 16.6. The largest absolute Gasteiger partial charge is 0.372 e. The van der Waals surface area contributed by atoms with E-state index in [1.54, 1.807) is 6.07 Å². The smallest absolute Gasteiger partial charge is 0.270 e. The fourth-order valence-electron chi connectivity index (χ4n) is 2.49. The molecule has 2 rings (SSSR count). The molecule has 0 radical (unpaired) electrons. The predicted octanol–water partition coefficient (Wildman–Crippen LogP) is 1.31. The Hall–Kier alpha value is -2.15. The first-order valence-corrected chi connectivity index (χ1v) is 6.37. The number of nitro groups is 1. The first kappa shape index (κ1) is 14.3. The maximum Gasteiger partial charge on any atom is 0.270 e. The molecule has 7 heteroatoms. The molecule has 2 atom stereocenters. The lowest BCUT2D eigenvalue weighted by molar-refractivity contribution is -0.384. The van der Waals surface area contributed by atoms with Crippen molar-refractivity contribution in [2.45, 2.75) is 26.1 Å². The van der Waals surface area contributed by atoms with Gasteiger partial charge in [-0.2, -0.15) is 0 Å². The number of nitrogens with zero attached hydrogens (tertiary/aromatic N) is 2. The predicted molar refractivity (Wildman–Crippen MR) is 73.8 cm³/mol. The molecule has 2 N–H and O–H groups in total. The van der Waals surface area contributed by atoms with Gasteiger partial charge < -0.3 is 15.4 Å². The molecular weight excluding hydrogens is 262 g/mol. The number of ether oxygens (including phenoxy) is 1. The number of anilines is 1. The summed E-state index contributed by atoms with van der Waals surface area (Å²) >= 11 is 0. The van der Waals surface area contributed by atoms with Gasteiger partial charge in [0.2, 0.25) is 0 Å². The zero-order chi connectivity index (χ0) is 14.9. The van der Waals surface area contributed by atoms with Crippen LogP contribution in [-0.2, 0) is 4.74 Å². The van der Waals surface area contributed by atoms with Gasteiger partial charge in [-0.25, -0.2) is 0 Å². The zero-order valence-electron chi connectivity index (χ0n) is 11.4. The van der Waals surface area contributed by atoms with Gasteiger partial charge in [0, 0.05) is 25.2 Å². The van der Waals surface area contributed by atoms with Crippen LogP contribution in [0.25, 0.3) is 0 Å². The highest BCUT2D eigenvalue weighted by molar-refractivity contribution is 5.99. The summed E-state index contributed by atoms with van der Waals surface area (Å²) in [6, 6.07) is 4.18. The van der Waals surface area contributed by atoms with Crippen molar-refractivity contribution in [1.82, 2.24) is 0 Å². The molecule has 1 fully saturated rings. The van der Waals surface area contributed by atoms with Crippen LogP contribution >= 0.6 is 0 Å². The van der Waals surface area contributed by atoms with Crippen molar-refractivity contribution in [3.63, 3.8) is 0 Å². The molecule has 2 unspecified atom stereocenters. The summed E-state index contributed by atoms with van der Waals surface area (Å²) in [6.07, 6.45) is 0.0457. The van der Waals surface area contributed by atoms with E-state index >= 15 is 0 Å². The van der Waals surface area contributed by atoms with Gasteiger partial charge in [0.15, 0.2) is 0 Å². The SMILES string of the molecule is CC1CN(c2ccc([N+](=O)[O-])cc2C(N)=O)CC(C)O1. The Morgan fingerprint density at radius 2 is 2.00 bits per heavy atom. The van der Waals surface area contributed by atoms with E-state index in [1.807, 2.05) is 18.7 Å². The number of amides is 1. The Morgan fingerprint density at radius 3 is 2.50 bits per heavy atom. The molecule has 7 nitrogen and oxygen atoms in total. The van der Waals surface area contributed by atoms with E-state index in [0.717, 1.165) is 0 Å². The Morgan fingerprint density at radius 1 is 1.40 bits per heavy atom. The first-order chi connectivity index (χ1) is 9.38. The lowest BCUT2D eigenvalue weighted by Crippen LogP contribution is -2.46. The molecule has 1 aliphatic rings. The zero-order valence-corrected chi connectivity index (χ0v) is 11.4. The molecule has 0 bridgehead atoms. The minimum atomic E-state index is -0.671. The van der Waals surface area contributed by atoms with Gasteiger partial charge in [-0.1, -0.05) is 0 Å². The standard InChI is InChI=1S/C13H17N3O4/c1-8-6-15(7-9(2)20-8)12-4-3-10(16(18)19)5-11(12)13(14)17/h3-5,8-9H,6-7H2,1-2H3,(H2,14,17). The molecule has 20 heavy (non-hydrogen) atoms. The van der Waals surface area contributed by atoms with E-state index in [2.05, 4.69) is 0 Å². The van der Waals surface area contributed by atoms with E-state index in [0.29, 0.717) is 18.8 Å². The monoisotopic (exact) mass is 279 g/mol. The van der Waals surface area contributed by atoms with Crippen LogP contribution in [0.4, 0.5) is 11.4 Å². The maximum absolute atomic E-state index is 11.5. The molecule has 0 aliphatic carbocycles. The van der Waals surface area contributed by atoms with Crippen LogP contribution in [0, 0.1) is 10.1 Å². The number of non-ortho nitro benzene ring substituents is 1. The Labute approximate surface area is 116 Å². The summed E-state index contributed by atoms with van der Waals surface area (Å²) in [5, 5.41) is 10.8. The van der Waals surface area contributed by atoms with Crippen LogP contribution in [-0.4, -0.2) is 36.1 Å². The van der Waals surface area contributed by atoms with Crippen molar-refractivity contribution in [2.75, 3.05) is 18.0 Å². The number of rotatable bonds is 3. The molecule has 1 heterocycles. The summed E-state index contributed by atoms with van der Waals surface area (Å²) in [7, 11) is 0. The molecular formula is C13H17N3O4. The lowest BCUT2D eigenvalue weighted by Gasteiger charge is -2.37. The fourth-order valence-corrected chi connectivity index (χ4v) is 2.49. The van der Waals surface area contributed by atoms with E-state index in [-0.39, 0.29) is 23.5 Å². The topological polar surface area (TPSA) is 98.7 Å². The second-order valence-corrected chi connectivity index (χ2v) is 4.99. The summed E-state index contributed by atoms with van der Waals surface area (Å²) < 4.78 is 5.63. The number of primary amides is 1. The van der Waals surface area contributed by atoms with Gasteiger partial charge in [-0.05, 0) is 19.9 Å².